The lowest BCUT2D eigenvalue weighted by Gasteiger charge is -2.13. The number of ether oxygens (including phenoxy) is 1. The largest absolute Gasteiger partial charge is 0.491 e. The van der Waals surface area contributed by atoms with Crippen LogP contribution >= 0.6 is 0 Å². The Labute approximate surface area is 167 Å². The summed E-state index contributed by atoms with van der Waals surface area (Å²) >= 11 is 0. The van der Waals surface area contributed by atoms with Crippen molar-refractivity contribution in [2.75, 3.05) is 5.32 Å². The van der Waals surface area contributed by atoms with E-state index < -0.39 is 0 Å². The third-order valence-corrected chi connectivity index (χ3v) is 5.06. The first-order chi connectivity index (χ1) is 13.2. The van der Waals surface area contributed by atoms with Gasteiger partial charge in [0.1, 0.15) is 5.75 Å². The Morgan fingerprint density at radius 2 is 1.37 bits per heavy atom. The SMILES string of the molecule is CCCCCCCCCCCCCC(=O)Nc1ccc(OC(C)CC)cc1. The van der Waals surface area contributed by atoms with Crippen molar-refractivity contribution in [2.45, 2.75) is 110 Å². The standard InChI is InChI=1S/C24H41NO2/c1-4-6-7-8-9-10-11-12-13-14-15-16-24(26)25-22-17-19-23(20-18-22)27-21(3)5-2/h17-21H,4-16H2,1-3H3,(H,25,26). The molecule has 1 unspecified atom stereocenters. The van der Waals surface area contributed by atoms with E-state index >= 15 is 0 Å². The van der Waals surface area contributed by atoms with Crippen LogP contribution in [0.15, 0.2) is 24.3 Å². The van der Waals surface area contributed by atoms with Gasteiger partial charge in [0.05, 0.1) is 6.10 Å². The predicted molar refractivity (Wildman–Crippen MR) is 117 cm³/mol. The Hall–Kier alpha value is -1.51. The normalized spacial score (nSPS) is 12.0. The van der Waals surface area contributed by atoms with Gasteiger partial charge < -0.3 is 10.1 Å². The number of carbonyl (C=O) groups excluding carboxylic acids is 1. The minimum absolute atomic E-state index is 0.113. The van der Waals surface area contributed by atoms with Gasteiger partial charge in [-0.2, -0.15) is 0 Å². The number of nitrogens with one attached hydrogen (secondary N) is 1. The van der Waals surface area contributed by atoms with Crippen molar-refractivity contribution in [3.8, 4) is 5.75 Å². The molecule has 154 valence electrons. The van der Waals surface area contributed by atoms with E-state index in [0.29, 0.717) is 6.42 Å². The average molecular weight is 376 g/mol. The number of benzene rings is 1. The highest BCUT2D eigenvalue weighted by Crippen LogP contribution is 2.18. The summed E-state index contributed by atoms with van der Waals surface area (Å²) in [6, 6.07) is 7.67. The van der Waals surface area contributed by atoms with Crippen LogP contribution < -0.4 is 10.1 Å². The fraction of sp³-hybridized carbons (Fsp3) is 0.708. The molecule has 1 aromatic rings. The van der Waals surface area contributed by atoms with Crippen LogP contribution in [0.25, 0.3) is 0 Å². The van der Waals surface area contributed by atoms with Crippen LogP contribution in [-0.4, -0.2) is 12.0 Å². The lowest BCUT2D eigenvalue weighted by atomic mass is 10.1. The summed E-state index contributed by atoms with van der Waals surface area (Å²) in [4.78, 5) is 12.0. The number of amides is 1. The maximum Gasteiger partial charge on any atom is 0.224 e. The monoisotopic (exact) mass is 375 g/mol. The molecule has 27 heavy (non-hydrogen) atoms. The van der Waals surface area contributed by atoms with Gasteiger partial charge in [0.2, 0.25) is 5.91 Å². The minimum Gasteiger partial charge on any atom is -0.491 e. The van der Waals surface area contributed by atoms with Gasteiger partial charge in [-0.15, -0.1) is 0 Å². The number of hydrogen-bond acceptors (Lipinski definition) is 2. The number of carbonyl (C=O) groups is 1. The first-order valence-electron chi connectivity index (χ1n) is 11.2. The van der Waals surface area contributed by atoms with E-state index in [4.69, 9.17) is 4.74 Å². The van der Waals surface area contributed by atoms with Crippen LogP contribution in [0, 0.1) is 0 Å². The zero-order valence-corrected chi connectivity index (χ0v) is 17.9. The molecule has 0 aliphatic carbocycles. The van der Waals surface area contributed by atoms with Crippen molar-refractivity contribution in [1.82, 2.24) is 0 Å². The molecule has 3 nitrogen and oxygen atoms in total. The Balaban J connectivity index is 2.02. The number of anilines is 1. The van der Waals surface area contributed by atoms with Crippen LogP contribution in [0.1, 0.15) is 104 Å². The van der Waals surface area contributed by atoms with E-state index in [1.165, 1.54) is 57.8 Å². The molecule has 0 aromatic heterocycles. The predicted octanol–water partition coefficient (Wildman–Crippen LogP) is 7.50. The van der Waals surface area contributed by atoms with Crippen LogP contribution in [0.3, 0.4) is 0 Å². The molecule has 1 atom stereocenters. The quantitative estimate of drug-likeness (QED) is 0.304. The number of unbranched alkanes of at least 4 members (excludes halogenated alkanes) is 10. The second-order valence-electron chi connectivity index (χ2n) is 7.69. The number of rotatable bonds is 16. The highest BCUT2D eigenvalue weighted by molar-refractivity contribution is 5.90. The molecule has 3 heteroatoms. The zero-order chi connectivity index (χ0) is 19.7. The maximum atomic E-state index is 12.0. The van der Waals surface area contributed by atoms with E-state index in [-0.39, 0.29) is 12.0 Å². The summed E-state index contributed by atoms with van der Waals surface area (Å²) in [7, 11) is 0. The molecule has 0 saturated heterocycles. The Morgan fingerprint density at radius 1 is 0.852 bits per heavy atom. The van der Waals surface area contributed by atoms with Crippen molar-refractivity contribution in [2.24, 2.45) is 0 Å². The molecule has 1 amide bonds. The fourth-order valence-electron chi connectivity index (χ4n) is 3.11. The molecule has 0 heterocycles. The van der Waals surface area contributed by atoms with Crippen molar-refractivity contribution < 1.29 is 9.53 Å². The second kappa shape index (κ2) is 15.5. The molecule has 1 aromatic carbocycles. The third kappa shape index (κ3) is 12.5. The molecular formula is C24H41NO2. The van der Waals surface area contributed by atoms with E-state index in [9.17, 15) is 4.79 Å². The van der Waals surface area contributed by atoms with Crippen LogP contribution in [0.2, 0.25) is 0 Å². The molecule has 0 aliphatic heterocycles. The van der Waals surface area contributed by atoms with Crippen molar-refractivity contribution in [3.63, 3.8) is 0 Å². The Kier molecular flexibility index (Phi) is 13.5. The summed E-state index contributed by atoms with van der Waals surface area (Å²) < 4.78 is 5.75. The van der Waals surface area contributed by atoms with Crippen LogP contribution in [0.5, 0.6) is 5.75 Å². The van der Waals surface area contributed by atoms with Gasteiger partial charge in [0.25, 0.3) is 0 Å². The zero-order valence-electron chi connectivity index (χ0n) is 17.9. The molecule has 0 saturated carbocycles. The van der Waals surface area contributed by atoms with E-state index in [1.54, 1.807) is 0 Å². The van der Waals surface area contributed by atoms with Gasteiger partial charge in [-0.25, -0.2) is 0 Å². The molecular weight excluding hydrogens is 334 g/mol. The lowest BCUT2D eigenvalue weighted by molar-refractivity contribution is -0.116. The van der Waals surface area contributed by atoms with Gasteiger partial charge >= 0.3 is 0 Å². The summed E-state index contributed by atoms with van der Waals surface area (Å²) in [5, 5.41) is 2.98. The third-order valence-electron chi connectivity index (χ3n) is 5.06. The minimum atomic E-state index is 0.113. The topological polar surface area (TPSA) is 38.3 Å². The lowest BCUT2D eigenvalue weighted by Crippen LogP contribution is -2.12. The number of hydrogen-bond donors (Lipinski definition) is 1. The Morgan fingerprint density at radius 3 is 1.89 bits per heavy atom. The van der Waals surface area contributed by atoms with E-state index in [1.807, 2.05) is 24.3 Å². The van der Waals surface area contributed by atoms with Crippen LogP contribution in [0.4, 0.5) is 5.69 Å². The van der Waals surface area contributed by atoms with Crippen molar-refractivity contribution in [3.05, 3.63) is 24.3 Å². The summed E-state index contributed by atoms with van der Waals surface area (Å²) in [5.74, 6) is 0.967. The van der Waals surface area contributed by atoms with E-state index in [0.717, 1.165) is 30.7 Å². The first kappa shape index (κ1) is 23.5. The maximum absolute atomic E-state index is 12.0. The van der Waals surface area contributed by atoms with Gasteiger partial charge in [0.15, 0.2) is 0 Å². The molecule has 0 radical (unpaired) electrons. The second-order valence-corrected chi connectivity index (χ2v) is 7.69. The summed E-state index contributed by atoms with van der Waals surface area (Å²) in [6.07, 6.45) is 16.2. The van der Waals surface area contributed by atoms with Gasteiger partial charge in [-0.1, -0.05) is 78.1 Å². The van der Waals surface area contributed by atoms with Crippen molar-refractivity contribution >= 4 is 11.6 Å². The molecule has 0 spiro atoms. The molecule has 0 bridgehead atoms. The van der Waals surface area contributed by atoms with Gasteiger partial charge in [0, 0.05) is 12.1 Å². The Bertz CT molecular complexity index is 484. The molecule has 0 fully saturated rings. The first-order valence-corrected chi connectivity index (χ1v) is 11.2. The average Bonchev–Trinajstić information content (AvgIpc) is 2.67. The van der Waals surface area contributed by atoms with Crippen LogP contribution in [-0.2, 0) is 4.79 Å². The van der Waals surface area contributed by atoms with E-state index in [2.05, 4.69) is 26.1 Å². The fourth-order valence-corrected chi connectivity index (χ4v) is 3.11. The summed E-state index contributed by atoms with van der Waals surface area (Å²) in [6.45, 7) is 6.43. The van der Waals surface area contributed by atoms with Gasteiger partial charge in [-0.3, -0.25) is 4.79 Å². The van der Waals surface area contributed by atoms with Gasteiger partial charge in [-0.05, 0) is 44.0 Å². The van der Waals surface area contributed by atoms with Crippen molar-refractivity contribution in [1.29, 1.82) is 0 Å². The molecule has 1 N–H and O–H groups in total. The highest BCUT2D eigenvalue weighted by atomic mass is 16.5. The molecule has 0 aliphatic rings. The summed E-state index contributed by atoms with van der Waals surface area (Å²) in [5.41, 5.74) is 0.847. The highest BCUT2D eigenvalue weighted by Gasteiger charge is 2.04. The molecule has 1 rings (SSSR count). The smallest absolute Gasteiger partial charge is 0.224 e.